The van der Waals surface area contributed by atoms with E-state index in [1.807, 2.05) is 0 Å². The molecule has 0 amide bonds. The van der Waals surface area contributed by atoms with Crippen molar-refractivity contribution in [2.45, 2.75) is 43.0 Å². The SMILES string of the molecule is CCOC(=O)C1(N(C)S(=O)(=O)c2ccc3c(Cl)cnc(N=C(N)N)c3c2)CCCC1. The van der Waals surface area contributed by atoms with Crippen molar-refractivity contribution in [3.05, 3.63) is 29.4 Å². The lowest BCUT2D eigenvalue weighted by atomic mass is 9.98. The van der Waals surface area contributed by atoms with Gasteiger partial charge >= 0.3 is 5.97 Å². The van der Waals surface area contributed by atoms with Crippen LogP contribution in [0.3, 0.4) is 0 Å². The number of ether oxygens (including phenoxy) is 1. The molecule has 2 aromatic rings. The molecule has 1 aromatic heterocycles. The molecule has 0 atom stereocenters. The molecular formula is C19H24ClN5O4S. The number of esters is 1. The highest BCUT2D eigenvalue weighted by Gasteiger charge is 2.50. The van der Waals surface area contributed by atoms with Gasteiger partial charge in [-0.2, -0.15) is 9.30 Å². The van der Waals surface area contributed by atoms with Crippen LogP contribution in [0.5, 0.6) is 0 Å². The smallest absolute Gasteiger partial charge is 0.327 e. The molecule has 1 aliphatic carbocycles. The second-order valence-electron chi connectivity index (χ2n) is 7.11. The minimum Gasteiger partial charge on any atom is -0.465 e. The first-order valence-corrected chi connectivity index (χ1v) is 11.3. The number of benzene rings is 1. The largest absolute Gasteiger partial charge is 0.465 e. The van der Waals surface area contributed by atoms with Crippen LogP contribution in [0.25, 0.3) is 10.8 Å². The predicted octanol–water partition coefficient (Wildman–Crippen LogP) is 2.29. The standard InChI is InChI=1S/C19H24ClN5O4S/c1-3-29-17(26)19(8-4-5-9-19)25(2)30(27,28)12-6-7-13-14(10-12)16(24-18(21)22)23-11-15(13)20/h6-7,10-11H,3-5,8-9H2,1-2H3,(H4,21,22,23,24). The molecule has 0 unspecified atom stereocenters. The molecule has 4 N–H and O–H groups in total. The van der Waals surface area contributed by atoms with Crippen molar-refractivity contribution in [3.8, 4) is 0 Å². The van der Waals surface area contributed by atoms with Gasteiger partial charge in [0.1, 0.15) is 5.54 Å². The van der Waals surface area contributed by atoms with Gasteiger partial charge in [-0.15, -0.1) is 0 Å². The van der Waals surface area contributed by atoms with E-state index in [0.717, 1.165) is 17.1 Å². The van der Waals surface area contributed by atoms with Gasteiger partial charge in [0, 0.05) is 24.0 Å². The van der Waals surface area contributed by atoms with Gasteiger partial charge < -0.3 is 16.2 Å². The molecule has 0 bridgehead atoms. The van der Waals surface area contributed by atoms with E-state index in [1.165, 1.54) is 25.4 Å². The number of hydrogen-bond acceptors (Lipinski definition) is 6. The first-order valence-electron chi connectivity index (χ1n) is 9.47. The van der Waals surface area contributed by atoms with Crippen molar-refractivity contribution < 1.29 is 17.9 Å². The Kier molecular flexibility index (Phi) is 6.21. The number of nitrogens with zero attached hydrogens (tertiary/aromatic N) is 3. The summed E-state index contributed by atoms with van der Waals surface area (Å²) in [7, 11) is -2.63. The number of aliphatic imine (C=N–C) groups is 1. The molecule has 0 saturated heterocycles. The Morgan fingerprint density at radius 2 is 1.97 bits per heavy atom. The van der Waals surface area contributed by atoms with Crippen LogP contribution in [0.15, 0.2) is 34.3 Å². The number of hydrogen-bond donors (Lipinski definition) is 2. The summed E-state index contributed by atoms with van der Waals surface area (Å²) in [5.41, 5.74) is 9.71. The maximum absolute atomic E-state index is 13.5. The van der Waals surface area contributed by atoms with Gasteiger partial charge in [0.15, 0.2) is 11.8 Å². The molecule has 1 fully saturated rings. The van der Waals surface area contributed by atoms with E-state index in [-0.39, 0.29) is 23.3 Å². The Morgan fingerprint density at radius 1 is 1.30 bits per heavy atom. The maximum atomic E-state index is 13.5. The molecule has 1 aliphatic rings. The number of rotatable bonds is 6. The highest BCUT2D eigenvalue weighted by molar-refractivity contribution is 7.89. The van der Waals surface area contributed by atoms with Gasteiger partial charge in [-0.05, 0) is 31.9 Å². The Hall–Kier alpha value is -2.43. The average molecular weight is 454 g/mol. The van der Waals surface area contributed by atoms with Crippen molar-refractivity contribution in [3.63, 3.8) is 0 Å². The van der Waals surface area contributed by atoms with Gasteiger partial charge in [0.2, 0.25) is 10.0 Å². The first kappa shape index (κ1) is 22.3. The van der Waals surface area contributed by atoms with Crippen molar-refractivity contribution in [1.29, 1.82) is 0 Å². The molecule has 0 radical (unpaired) electrons. The maximum Gasteiger partial charge on any atom is 0.327 e. The topological polar surface area (TPSA) is 141 Å². The van der Waals surface area contributed by atoms with Gasteiger partial charge in [-0.25, -0.2) is 13.4 Å². The summed E-state index contributed by atoms with van der Waals surface area (Å²) >= 11 is 6.20. The number of sulfonamides is 1. The van der Waals surface area contributed by atoms with Gasteiger partial charge in [-0.3, -0.25) is 4.79 Å². The summed E-state index contributed by atoms with van der Waals surface area (Å²) < 4.78 is 33.3. The van der Waals surface area contributed by atoms with Gasteiger partial charge in [-0.1, -0.05) is 30.5 Å². The number of aromatic nitrogens is 1. The number of carbonyl (C=O) groups is 1. The van der Waals surface area contributed by atoms with Crippen molar-refractivity contribution in [2.75, 3.05) is 13.7 Å². The molecule has 30 heavy (non-hydrogen) atoms. The predicted molar refractivity (Wildman–Crippen MR) is 115 cm³/mol. The summed E-state index contributed by atoms with van der Waals surface area (Å²) in [5, 5.41) is 1.26. The summed E-state index contributed by atoms with van der Waals surface area (Å²) in [5.74, 6) is -0.598. The van der Waals surface area contributed by atoms with Crippen molar-refractivity contribution in [1.82, 2.24) is 9.29 Å². The first-order chi connectivity index (χ1) is 14.1. The Morgan fingerprint density at radius 3 is 2.57 bits per heavy atom. The lowest BCUT2D eigenvalue weighted by Gasteiger charge is -2.35. The minimum absolute atomic E-state index is 0.0239. The van der Waals surface area contributed by atoms with Crippen LogP contribution in [-0.2, 0) is 19.6 Å². The lowest BCUT2D eigenvalue weighted by molar-refractivity contribution is -0.154. The van der Waals surface area contributed by atoms with Crippen LogP contribution < -0.4 is 11.5 Å². The van der Waals surface area contributed by atoms with Crippen LogP contribution in [0.2, 0.25) is 5.02 Å². The van der Waals surface area contributed by atoms with E-state index >= 15 is 0 Å². The normalized spacial score (nSPS) is 16.0. The lowest BCUT2D eigenvalue weighted by Crippen LogP contribution is -2.54. The third-order valence-corrected chi connectivity index (χ3v) is 7.59. The number of fused-ring (bicyclic) bond motifs is 1. The fraction of sp³-hybridized carbons (Fsp3) is 0.421. The van der Waals surface area contributed by atoms with Crippen LogP contribution in [-0.4, -0.2) is 48.8 Å². The van der Waals surface area contributed by atoms with Crippen LogP contribution >= 0.6 is 11.6 Å². The van der Waals surface area contributed by atoms with E-state index in [9.17, 15) is 13.2 Å². The van der Waals surface area contributed by atoms with E-state index in [1.54, 1.807) is 13.0 Å². The molecule has 0 aliphatic heterocycles. The highest BCUT2D eigenvalue weighted by atomic mass is 35.5. The fourth-order valence-corrected chi connectivity index (χ4v) is 5.56. The van der Waals surface area contributed by atoms with Crippen molar-refractivity contribution in [2.24, 2.45) is 16.5 Å². The average Bonchev–Trinajstić information content (AvgIpc) is 3.20. The number of halogens is 1. The van der Waals surface area contributed by atoms with E-state index in [2.05, 4.69) is 9.98 Å². The number of nitrogens with two attached hydrogens (primary N) is 2. The quantitative estimate of drug-likeness (QED) is 0.388. The summed E-state index contributed by atoms with van der Waals surface area (Å²) in [6, 6.07) is 4.42. The highest BCUT2D eigenvalue weighted by Crippen LogP contribution is 2.40. The zero-order valence-electron chi connectivity index (χ0n) is 16.8. The monoisotopic (exact) mass is 453 g/mol. The number of carbonyl (C=O) groups excluding carboxylic acids is 1. The summed E-state index contributed by atoms with van der Waals surface area (Å²) in [6.45, 7) is 1.87. The molecule has 0 spiro atoms. The van der Waals surface area contributed by atoms with Gasteiger partial charge in [0.05, 0.1) is 16.5 Å². The van der Waals surface area contributed by atoms with Crippen molar-refractivity contribution >= 4 is 50.1 Å². The fourth-order valence-electron chi connectivity index (χ4n) is 3.81. The Balaban J connectivity index is 2.13. The molecular weight excluding hydrogens is 430 g/mol. The Labute approximate surface area is 180 Å². The second-order valence-corrected chi connectivity index (χ2v) is 9.48. The van der Waals surface area contributed by atoms with Gasteiger partial charge in [0.25, 0.3) is 0 Å². The molecule has 1 heterocycles. The molecule has 1 aromatic carbocycles. The Bertz CT molecular complexity index is 1110. The number of likely N-dealkylation sites (N-methyl/N-ethyl adjacent to an activating group) is 1. The zero-order valence-corrected chi connectivity index (χ0v) is 18.3. The number of pyridine rings is 1. The summed E-state index contributed by atoms with van der Waals surface area (Å²) in [6.07, 6.45) is 3.68. The van der Waals surface area contributed by atoms with E-state index in [4.69, 9.17) is 27.8 Å². The summed E-state index contributed by atoms with van der Waals surface area (Å²) in [4.78, 5) is 20.8. The van der Waals surface area contributed by atoms with E-state index in [0.29, 0.717) is 28.6 Å². The zero-order chi connectivity index (χ0) is 22.1. The third kappa shape index (κ3) is 3.82. The van der Waals surface area contributed by atoms with Crippen LogP contribution in [0.1, 0.15) is 32.6 Å². The molecule has 3 rings (SSSR count). The van der Waals surface area contributed by atoms with Crippen LogP contribution in [0, 0.1) is 0 Å². The van der Waals surface area contributed by atoms with E-state index < -0.39 is 21.5 Å². The molecule has 9 nitrogen and oxygen atoms in total. The second kappa shape index (κ2) is 8.37. The molecule has 162 valence electrons. The third-order valence-electron chi connectivity index (χ3n) is 5.37. The van der Waals surface area contributed by atoms with Crippen LogP contribution in [0.4, 0.5) is 5.82 Å². The molecule has 11 heteroatoms. The molecule has 1 saturated carbocycles. The number of guanidine groups is 1. The minimum atomic E-state index is -4.04.